The van der Waals surface area contributed by atoms with Crippen LogP contribution < -0.4 is 11.1 Å². The van der Waals surface area contributed by atoms with Crippen molar-refractivity contribution in [3.8, 4) is 16.9 Å². The Morgan fingerprint density at radius 2 is 1.75 bits per heavy atom. The molecule has 1 fully saturated rings. The summed E-state index contributed by atoms with van der Waals surface area (Å²) in [5, 5.41) is 8.37. The minimum atomic E-state index is -0.731. The highest BCUT2D eigenvalue weighted by molar-refractivity contribution is 6.35. The van der Waals surface area contributed by atoms with Crippen molar-refractivity contribution in [2.75, 3.05) is 0 Å². The zero-order valence-electron chi connectivity index (χ0n) is 17.7. The third-order valence-corrected chi connectivity index (χ3v) is 6.29. The number of halogens is 2. The average molecular weight is 471 g/mol. The second kappa shape index (κ2) is 9.35. The van der Waals surface area contributed by atoms with E-state index in [1.165, 1.54) is 11.1 Å². The van der Waals surface area contributed by atoms with Crippen LogP contribution in [0.15, 0.2) is 42.5 Å². The van der Waals surface area contributed by atoms with Crippen molar-refractivity contribution in [1.82, 2.24) is 15.1 Å². The smallest absolute Gasteiger partial charge is 0.272 e. The maximum atomic E-state index is 13.2. The fraction of sp³-hybridized carbons (Fsp3) is 0.292. The summed E-state index contributed by atoms with van der Waals surface area (Å²) in [7, 11) is 0. The molecule has 0 aliphatic heterocycles. The first-order valence-electron chi connectivity index (χ1n) is 10.6. The van der Waals surface area contributed by atoms with Crippen LogP contribution in [0, 0.1) is 6.92 Å². The van der Waals surface area contributed by atoms with E-state index >= 15 is 0 Å². The third kappa shape index (κ3) is 4.52. The lowest BCUT2D eigenvalue weighted by atomic mass is 9.95. The Morgan fingerprint density at radius 1 is 1.06 bits per heavy atom. The molecular weight excluding hydrogens is 447 g/mol. The molecule has 4 rings (SSSR count). The van der Waals surface area contributed by atoms with Gasteiger partial charge in [0.25, 0.3) is 11.8 Å². The summed E-state index contributed by atoms with van der Waals surface area (Å²) in [5.74, 6) is -1.14. The molecule has 6 nitrogen and oxygen atoms in total. The third-order valence-electron chi connectivity index (χ3n) is 5.75. The van der Waals surface area contributed by atoms with Crippen molar-refractivity contribution < 1.29 is 9.59 Å². The highest BCUT2D eigenvalue weighted by Crippen LogP contribution is 2.33. The summed E-state index contributed by atoms with van der Waals surface area (Å²) in [6.45, 7) is 1.97. The van der Waals surface area contributed by atoms with Gasteiger partial charge in [-0.25, -0.2) is 4.68 Å². The minimum Gasteiger partial charge on any atom is -0.365 e. The van der Waals surface area contributed by atoms with E-state index in [4.69, 9.17) is 28.9 Å². The van der Waals surface area contributed by atoms with Crippen molar-refractivity contribution >= 4 is 35.0 Å². The fourth-order valence-electron chi connectivity index (χ4n) is 4.12. The molecule has 0 saturated heterocycles. The van der Waals surface area contributed by atoms with Gasteiger partial charge in [0.05, 0.1) is 22.0 Å². The van der Waals surface area contributed by atoms with Crippen molar-refractivity contribution in [1.29, 1.82) is 0 Å². The molecule has 166 valence electrons. The summed E-state index contributed by atoms with van der Waals surface area (Å²) < 4.78 is 1.50. The number of aryl methyl sites for hydroxylation is 1. The Hall–Kier alpha value is -2.83. The number of hydrogen-bond donors (Lipinski definition) is 2. The molecule has 0 bridgehead atoms. The summed E-state index contributed by atoms with van der Waals surface area (Å²) in [6.07, 6.45) is 5.12. The molecule has 0 radical (unpaired) electrons. The van der Waals surface area contributed by atoms with Crippen LogP contribution in [-0.4, -0.2) is 27.6 Å². The van der Waals surface area contributed by atoms with E-state index in [1.54, 1.807) is 18.2 Å². The molecule has 1 aliphatic rings. The second-order valence-corrected chi connectivity index (χ2v) is 8.96. The molecule has 32 heavy (non-hydrogen) atoms. The first kappa shape index (κ1) is 22.4. The number of hydrogen-bond acceptors (Lipinski definition) is 3. The number of nitrogens with one attached hydrogen (secondary N) is 1. The predicted molar refractivity (Wildman–Crippen MR) is 127 cm³/mol. The van der Waals surface area contributed by atoms with Crippen LogP contribution in [0.1, 0.15) is 58.5 Å². The number of carbonyl (C=O) groups is 2. The summed E-state index contributed by atoms with van der Waals surface area (Å²) in [6, 6.07) is 12.6. The van der Waals surface area contributed by atoms with E-state index in [9.17, 15) is 9.59 Å². The van der Waals surface area contributed by atoms with Crippen LogP contribution in [0.5, 0.6) is 0 Å². The molecule has 2 aromatic carbocycles. The van der Waals surface area contributed by atoms with E-state index in [-0.39, 0.29) is 17.3 Å². The van der Waals surface area contributed by atoms with E-state index < -0.39 is 11.8 Å². The molecule has 1 aromatic heterocycles. The zero-order chi connectivity index (χ0) is 22.8. The van der Waals surface area contributed by atoms with Crippen LogP contribution in [0.25, 0.3) is 16.9 Å². The first-order valence-corrected chi connectivity index (χ1v) is 11.4. The Bertz CT molecular complexity index is 1170. The normalized spacial score (nSPS) is 14.3. The van der Waals surface area contributed by atoms with Crippen molar-refractivity contribution in [2.24, 2.45) is 5.73 Å². The van der Waals surface area contributed by atoms with Crippen molar-refractivity contribution in [3.63, 3.8) is 0 Å². The molecule has 8 heteroatoms. The Morgan fingerprint density at radius 3 is 2.38 bits per heavy atom. The summed E-state index contributed by atoms with van der Waals surface area (Å²) in [4.78, 5) is 25.8. The molecule has 3 N–H and O–H groups in total. The molecule has 0 spiro atoms. The van der Waals surface area contributed by atoms with Crippen LogP contribution in [0.4, 0.5) is 0 Å². The minimum absolute atomic E-state index is 0.00957. The van der Waals surface area contributed by atoms with Gasteiger partial charge in [-0.2, -0.15) is 5.10 Å². The fourth-order valence-corrected chi connectivity index (χ4v) is 4.61. The Kier molecular flexibility index (Phi) is 6.53. The molecule has 1 aliphatic carbocycles. The van der Waals surface area contributed by atoms with Gasteiger partial charge >= 0.3 is 0 Å². The number of rotatable bonds is 5. The van der Waals surface area contributed by atoms with E-state index in [0.717, 1.165) is 31.2 Å². The maximum absolute atomic E-state index is 13.2. The highest BCUT2D eigenvalue weighted by atomic mass is 35.5. The van der Waals surface area contributed by atoms with E-state index in [2.05, 4.69) is 10.4 Å². The number of aromatic nitrogens is 2. The number of nitrogens with zero attached hydrogens (tertiary/aromatic N) is 2. The van der Waals surface area contributed by atoms with Gasteiger partial charge in [0.2, 0.25) is 0 Å². The van der Waals surface area contributed by atoms with Crippen LogP contribution in [0.2, 0.25) is 10.0 Å². The quantitative estimate of drug-likeness (QED) is 0.528. The van der Waals surface area contributed by atoms with Gasteiger partial charge in [-0.3, -0.25) is 9.59 Å². The number of amides is 2. The van der Waals surface area contributed by atoms with Gasteiger partial charge in [-0.1, -0.05) is 72.3 Å². The van der Waals surface area contributed by atoms with Gasteiger partial charge in [0, 0.05) is 16.6 Å². The van der Waals surface area contributed by atoms with Crippen LogP contribution >= 0.6 is 23.2 Å². The summed E-state index contributed by atoms with van der Waals surface area (Å²) in [5.41, 5.74) is 8.49. The Balaban J connectivity index is 1.89. The lowest BCUT2D eigenvalue weighted by molar-refractivity contribution is 0.0909. The molecule has 1 heterocycles. The molecule has 2 amide bonds. The van der Waals surface area contributed by atoms with Gasteiger partial charge < -0.3 is 11.1 Å². The average Bonchev–Trinajstić information content (AvgIpc) is 3.16. The van der Waals surface area contributed by atoms with Crippen LogP contribution in [0.3, 0.4) is 0 Å². The molecular formula is C24H24Cl2N4O2. The number of nitrogens with two attached hydrogens (primary N) is 1. The SMILES string of the molecule is Cc1ccc(-c2c(C(N)=O)c(C(=O)NC3CCCCC3)nn2-c2ccc(Cl)cc2Cl)cc1. The molecule has 1 saturated carbocycles. The van der Waals surface area contributed by atoms with Gasteiger partial charge in [-0.15, -0.1) is 0 Å². The largest absolute Gasteiger partial charge is 0.365 e. The number of primary amides is 1. The van der Waals surface area contributed by atoms with Crippen molar-refractivity contribution in [2.45, 2.75) is 45.1 Å². The number of benzene rings is 2. The van der Waals surface area contributed by atoms with Gasteiger partial charge in [0.15, 0.2) is 5.69 Å². The maximum Gasteiger partial charge on any atom is 0.272 e. The lowest BCUT2D eigenvalue weighted by Gasteiger charge is -2.22. The molecule has 0 atom stereocenters. The van der Waals surface area contributed by atoms with Crippen molar-refractivity contribution in [3.05, 3.63) is 69.3 Å². The topological polar surface area (TPSA) is 90.0 Å². The van der Waals surface area contributed by atoms with Gasteiger partial charge in [0.1, 0.15) is 0 Å². The monoisotopic (exact) mass is 470 g/mol. The van der Waals surface area contributed by atoms with E-state index in [1.807, 2.05) is 31.2 Å². The lowest BCUT2D eigenvalue weighted by Crippen LogP contribution is -2.37. The summed E-state index contributed by atoms with van der Waals surface area (Å²) >= 11 is 12.5. The van der Waals surface area contributed by atoms with E-state index in [0.29, 0.717) is 27.0 Å². The molecule has 3 aromatic rings. The van der Waals surface area contributed by atoms with Gasteiger partial charge in [-0.05, 0) is 38.0 Å². The van der Waals surface area contributed by atoms with Crippen LogP contribution in [-0.2, 0) is 0 Å². The first-order chi connectivity index (χ1) is 15.3. The predicted octanol–water partition coefficient (Wildman–Crippen LogP) is 5.32. The highest BCUT2D eigenvalue weighted by Gasteiger charge is 2.30. The molecule has 0 unspecified atom stereocenters. The zero-order valence-corrected chi connectivity index (χ0v) is 19.2. The standard InChI is InChI=1S/C24H24Cl2N4O2/c1-14-7-9-15(10-8-14)22-20(23(27)31)21(24(32)28-17-5-3-2-4-6-17)29-30(22)19-12-11-16(25)13-18(19)26/h7-13,17H,2-6H2,1H3,(H2,27,31)(H,28,32). The second-order valence-electron chi connectivity index (χ2n) is 8.12. The number of carbonyl (C=O) groups excluding carboxylic acids is 2. The Labute approximate surface area is 196 Å².